The van der Waals surface area contributed by atoms with Crippen molar-refractivity contribution < 1.29 is 40.6 Å². The van der Waals surface area contributed by atoms with Gasteiger partial charge in [0.05, 0.1) is 24.9 Å². The first-order valence-corrected chi connectivity index (χ1v) is 10.5. The third kappa shape index (κ3) is 6.17. The van der Waals surface area contributed by atoms with E-state index in [4.69, 9.17) is 9.47 Å². The second-order valence-electron chi connectivity index (χ2n) is 7.53. The number of carbonyl (C=O) groups is 1. The Morgan fingerprint density at radius 3 is 2.57 bits per heavy atom. The van der Waals surface area contributed by atoms with Crippen LogP contribution in [0.1, 0.15) is 29.3 Å². The highest BCUT2D eigenvalue weighted by Crippen LogP contribution is 2.38. The quantitative estimate of drug-likeness (QED) is 0.483. The SMILES string of the molecule is CCNc1nc(Nc2cc(OC)c(C(=O)N3CCC(F)(F)C3)cc2OCCF)ncc1C(F)(F)F. The van der Waals surface area contributed by atoms with Crippen molar-refractivity contribution in [2.24, 2.45) is 0 Å². The third-order valence-electron chi connectivity index (χ3n) is 5.01. The number of carbonyl (C=O) groups excluding carboxylic acids is 1. The second kappa shape index (κ2) is 10.4. The van der Waals surface area contributed by atoms with Gasteiger partial charge in [-0.05, 0) is 13.0 Å². The number of rotatable bonds is 9. The van der Waals surface area contributed by atoms with Crippen LogP contribution in [0.3, 0.4) is 0 Å². The summed E-state index contributed by atoms with van der Waals surface area (Å²) in [4.78, 5) is 21.4. The molecule has 2 heterocycles. The summed E-state index contributed by atoms with van der Waals surface area (Å²) in [5.41, 5.74) is -1.12. The highest BCUT2D eigenvalue weighted by atomic mass is 19.4. The summed E-state index contributed by atoms with van der Waals surface area (Å²) in [5.74, 6) is -4.57. The van der Waals surface area contributed by atoms with E-state index in [-0.39, 0.29) is 41.8 Å². The molecule has 0 bridgehead atoms. The fourth-order valence-corrected chi connectivity index (χ4v) is 3.41. The summed E-state index contributed by atoms with van der Waals surface area (Å²) >= 11 is 0. The van der Waals surface area contributed by atoms with Crippen molar-refractivity contribution in [3.63, 3.8) is 0 Å². The Hall–Kier alpha value is -3.45. The third-order valence-corrected chi connectivity index (χ3v) is 5.01. The average Bonchev–Trinajstić information content (AvgIpc) is 3.16. The fraction of sp³-hybridized carbons (Fsp3) is 0.476. The molecule has 1 aromatic carbocycles. The van der Waals surface area contributed by atoms with Crippen molar-refractivity contribution in [2.45, 2.75) is 25.4 Å². The number of nitrogens with zero attached hydrogens (tertiary/aromatic N) is 3. The number of benzene rings is 1. The van der Waals surface area contributed by atoms with Gasteiger partial charge in [-0.25, -0.2) is 18.2 Å². The molecule has 0 unspecified atom stereocenters. The molecule has 0 atom stereocenters. The van der Waals surface area contributed by atoms with Crippen molar-refractivity contribution in [2.75, 3.05) is 50.7 Å². The van der Waals surface area contributed by atoms with Crippen LogP contribution in [-0.2, 0) is 6.18 Å². The Morgan fingerprint density at radius 1 is 1.26 bits per heavy atom. The van der Waals surface area contributed by atoms with Gasteiger partial charge in [-0.3, -0.25) is 4.79 Å². The van der Waals surface area contributed by atoms with Crippen LogP contribution in [0.4, 0.5) is 43.8 Å². The van der Waals surface area contributed by atoms with Crippen LogP contribution in [0.5, 0.6) is 11.5 Å². The molecule has 0 aliphatic carbocycles. The van der Waals surface area contributed by atoms with Crippen LogP contribution in [0.15, 0.2) is 18.3 Å². The highest BCUT2D eigenvalue weighted by molar-refractivity contribution is 5.98. The predicted molar refractivity (Wildman–Crippen MR) is 114 cm³/mol. The van der Waals surface area contributed by atoms with E-state index in [9.17, 15) is 31.1 Å². The molecule has 35 heavy (non-hydrogen) atoms. The normalized spacial score (nSPS) is 15.1. The molecule has 0 saturated carbocycles. The van der Waals surface area contributed by atoms with Crippen LogP contribution < -0.4 is 20.1 Å². The molecular weight excluding hydrogens is 484 g/mol. The van der Waals surface area contributed by atoms with E-state index in [2.05, 4.69) is 20.6 Å². The summed E-state index contributed by atoms with van der Waals surface area (Å²) < 4.78 is 90.3. The lowest BCUT2D eigenvalue weighted by atomic mass is 10.1. The summed E-state index contributed by atoms with van der Waals surface area (Å²) in [6, 6.07) is 2.45. The molecule has 192 valence electrons. The van der Waals surface area contributed by atoms with Gasteiger partial charge in [0.25, 0.3) is 11.8 Å². The maximum Gasteiger partial charge on any atom is 0.421 e. The smallest absolute Gasteiger partial charge is 0.421 e. The van der Waals surface area contributed by atoms with Crippen LogP contribution in [0.25, 0.3) is 0 Å². The van der Waals surface area contributed by atoms with Crippen molar-refractivity contribution in [3.05, 3.63) is 29.5 Å². The number of amides is 1. The standard InChI is InChI=1S/C21H23F6N5O3/c1-3-28-17-13(21(25,26)27)10-29-19(31-17)30-14-9-15(34-2)12(8-16(14)35-7-5-22)18(33)32-6-4-20(23,24)11-32/h8-10H,3-7,11H2,1-2H3,(H2,28,29,30,31). The number of hydrogen-bond acceptors (Lipinski definition) is 7. The van der Waals surface area contributed by atoms with E-state index in [0.717, 1.165) is 4.90 Å². The molecule has 14 heteroatoms. The van der Waals surface area contributed by atoms with E-state index >= 15 is 0 Å². The van der Waals surface area contributed by atoms with Gasteiger partial charge in [0, 0.05) is 31.8 Å². The molecular formula is C21H23F6N5O3. The first-order chi connectivity index (χ1) is 16.5. The summed E-state index contributed by atoms with van der Waals surface area (Å²) in [6.07, 6.45) is -4.58. The Kier molecular flexibility index (Phi) is 7.80. The summed E-state index contributed by atoms with van der Waals surface area (Å²) in [5, 5.41) is 5.19. The number of ether oxygens (including phenoxy) is 2. The Balaban J connectivity index is 1.99. The number of alkyl halides is 6. The second-order valence-corrected chi connectivity index (χ2v) is 7.53. The number of anilines is 3. The Labute approximate surface area is 196 Å². The number of aromatic nitrogens is 2. The molecule has 1 aliphatic rings. The first kappa shape index (κ1) is 26.2. The zero-order valence-corrected chi connectivity index (χ0v) is 18.8. The van der Waals surface area contributed by atoms with Gasteiger partial charge in [-0.15, -0.1) is 0 Å². The predicted octanol–water partition coefficient (Wildman–Crippen LogP) is 4.51. The van der Waals surface area contributed by atoms with Gasteiger partial charge in [-0.2, -0.15) is 18.2 Å². The van der Waals surface area contributed by atoms with E-state index in [1.165, 1.54) is 19.2 Å². The minimum Gasteiger partial charge on any atom is -0.496 e. The lowest BCUT2D eigenvalue weighted by molar-refractivity contribution is -0.137. The van der Waals surface area contributed by atoms with E-state index in [1.807, 2.05) is 0 Å². The number of nitrogens with one attached hydrogen (secondary N) is 2. The maximum atomic E-state index is 13.6. The van der Waals surface area contributed by atoms with Gasteiger partial charge >= 0.3 is 6.18 Å². The zero-order valence-electron chi connectivity index (χ0n) is 18.8. The van der Waals surface area contributed by atoms with Crippen molar-refractivity contribution in [1.82, 2.24) is 14.9 Å². The molecule has 0 spiro atoms. The minimum absolute atomic E-state index is 0.0286. The van der Waals surface area contributed by atoms with E-state index < -0.39 is 55.6 Å². The molecule has 2 aromatic rings. The lowest BCUT2D eigenvalue weighted by Crippen LogP contribution is -2.31. The number of methoxy groups -OCH3 is 1. The fourth-order valence-electron chi connectivity index (χ4n) is 3.41. The van der Waals surface area contributed by atoms with Crippen molar-refractivity contribution in [1.29, 1.82) is 0 Å². The molecule has 3 rings (SSSR count). The molecule has 1 aromatic heterocycles. The maximum absolute atomic E-state index is 13.6. The lowest BCUT2D eigenvalue weighted by Gasteiger charge is -2.20. The first-order valence-electron chi connectivity index (χ1n) is 10.5. The summed E-state index contributed by atoms with van der Waals surface area (Å²) in [6.45, 7) is -0.467. The van der Waals surface area contributed by atoms with Gasteiger partial charge in [0.2, 0.25) is 5.95 Å². The van der Waals surface area contributed by atoms with Gasteiger partial charge in [-0.1, -0.05) is 0 Å². The van der Waals surface area contributed by atoms with Crippen LogP contribution in [0, 0.1) is 0 Å². The minimum atomic E-state index is -4.69. The molecule has 8 nitrogen and oxygen atoms in total. The number of hydrogen-bond donors (Lipinski definition) is 2. The molecule has 0 radical (unpaired) electrons. The van der Waals surface area contributed by atoms with Crippen LogP contribution >= 0.6 is 0 Å². The largest absolute Gasteiger partial charge is 0.496 e. The molecule has 1 fully saturated rings. The van der Waals surface area contributed by atoms with Crippen LogP contribution in [0.2, 0.25) is 0 Å². The van der Waals surface area contributed by atoms with E-state index in [1.54, 1.807) is 6.92 Å². The van der Waals surface area contributed by atoms with E-state index in [0.29, 0.717) is 6.20 Å². The molecule has 1 saturated heterocycles. The van der Waals surface area contributed by atoms with Gasteiger partial charge in [0.1, 0.15) is 36.2 Å². The van der Waals surface area contributed by atoms with Gasteiger partial charge in [0.15, 0.2) is 0 Å². The van der Waals surface area contributed by atoms with Crippen molar-refractivity contribution in [3.8, 4) is 11.5 Å². The topological polar surface area (TPSA) is 88.6 Å². The molecule has 1 aliphatic heterocycles. The molecule has 1 amide bonds. The average molecular weight is 507 g/mol. The Morgan fingerprint density at radius 2 is 2.00 bits per heavy atom. The summed E-state index contributed by atoms with van der Waals surface area (Å²) in [7, 11) is 1.24. The molecule has 2 N–H and O–H groups in total. The zero-order chi connectivity index (χ0) is 25.8. The number of likely N-dealkylation sites (tertiary alicyclic amines) is 1. The van der Waals surface area contributed by atoms with Crippen LogP contribution in [-0.4, -0.2) is 66.7 Å². The van der Waals surface area contributed by atoms with Crippen molar-refractivity contribution >= 4 is 23.4 Å². The van der Waals surface area contributed by atoms with Gasteiger partial charge < -0.3 is 25.0 Å². The Bertz CT molecular complexity index is 1070. The number of halogens is 6. The highest BCUT2D eigenvalue weighted by Gasteiger charge is 2.41. The monoisotopic (exact) mass is 507 g/mol.